The molecule has 3 rings (SSSR count). The molecule has 0 saturated heterocycles. The highest BCUT2D eigenvalue weighted by molar-refractivity contribution is 5.71. The van der Waals surface area contributed by atoms with E-state index in [9.17, 15) is 4.79 Å². The molecule has 2 aromatic carbocycles. The molecular formula is C21H22N2O4. The van der Waals surface area contributed by atoms with Gasteiger partial charge in [0.05, 0.1) is 0 Å². The lowest BCUT2D eigenvalue weighted by Crippen LogP contribution is -2.15. The van der Waals surface area contributed by atoms with Crippen molar-refractivity contribution in [2.75, 3.05) is 6.61 Å². The fourth-order valence-electron chi connectivity index (χ4n) is 2.49. The van der Waals surface area contributed by atoms with Crippen LogP contribution in [0.5, 0.6) is 5.75 Å². The highest BCUT2D eigenvalue weighted by Crippen LogP contribution is 2.21. The summed E-state index contributed by atoms with van der Waals surface area (Å²) in [5.74, 6) is 1.31. The number of ether oxygens (including phenoxy) is 2. The summed E-state index contributed by atoms with van der Waals surface area (Å²) in [4.78, 5) is 16.1. The van der Waals surface area contributed by atoms with Crippen LogP contribution < -0.4 is 4.74 Å². The summed E-state index contributed by atoms with van der Waals surface area (Å²) in [6, 6.07) is 15.5. The summed E-state index contributed by atoms with van der Waals surface area (Å²) < 4.78 is 15.7. The molecule has 27 heavy (non-hydrogen) atoms. The number of aryl methyl sites for hydroxylation is 1. The number of aromatic nitrogens is 2. The zero-order valence-corrected chi connectivity index (χ0v) is 15.6. The van der Waals surface area contributed by atoms with Crippen molar-refractivity contribution >= 4 is 5.97 Å². The fraction of sp³-hybridized carbons (Fsp3) is 0.286. The van der Waals surface area contributed by atoms with Gasteiger partial charge in [0, 0.05) is 5.56 Å². The van der Waals surface area contributed by atoms with E-state index >= 15 is 0 Å². The number of rotatable bonds is 7. The molecule has 1 heterocycles. The fourth-order valence-corrected chi connectivity index (χ4v) is 2.49. The normalized spacial score (nSPS) is 10.8. The first-order valence-electron chi connectivity index (χ1n) is 8.80. The number of hydrogen-bond donors (Lipinski definition) is 0. The van der Waals surface area contributed by atoms with Gasteiger partial charge in [-0.2, -0.15) is 4.98 Å². The molecule has 0 aliphatic heterocycles. The van der Waals surface area contributed by atoms with Crippen molar-refractivity contribution in [3.63, 3.8) is 0 Å². The molecule has 0 amide bonds. The van der Waals surface area contributed by atoms with Crippen molar-refractivity contribution in [3.05, 3.63) is 65.5 Å². The van der Waals surface area contributed by atoms with Gasteiger partial charge >= 0.3 is 5.97 Å². The van der Waals surface area contributed by atoms with E-state index in [1.807, 2.05) is 49.4 Å². The molecule has 0 aliphatic carbocycles. The maximum atomic E-state index is 11.8. The van der Waals surface area contributed by atoms with Gasteiger partial charge in [-0.15, -0.1) is 0 Å². The lowest BCUT2D eigenvalue weighted by atomic mass is 10.0. The van der Waals surface area contributed by atoms with Crippen molar-refractivity contribution in [1.29, 1.82) is 0 Å². The lowest BCUT2D eigenvalue weighted by molar-refractivity contribution is -0.148. The minimum Gasteiger partial charge on any atom is -0.482 e. The molecule has 140 valence electrons. The predicted octanol–water partition coefficient (Wildman–Crippen LogP) is 4.29. The van der Waals surface area contributed by atoms with Crippen molar-refractivity contribution < 1.29 is 18.8 Å². The molecular weight excluding hydrogens is 344 g/mol. The summed E-state index contributed by atoms with van der Waals surface area (Å²) in [7, 11) is 0. The minimum absolute atomic E-state index is 0.0902. The van der Waals surface area contributed by atoms with Gasteiger partial charge in [0.2, 0.25) is 5.82 Å². The molecule has 0 atom stereocenters. The maximum Gasteiger partial charge on any atom is 0.344 e. The Bertz CT molecular complexity index is 901. The highest BCUT2D eigenvalue weighted by atomic mass is 16.6. The molecule has 0 radical (unpaired) electrons. The van der Waals surface area contributed by atoms with Gasteiger partial charge in [-0.1, -0.05) is 61.5 Å². The summed E-state index contributed by atoms with van der Waals surface area (Å²) in [6.07, 6.45) is 0. The topological polar surface area (TPSA) is 74.5 Å². The highest BCUT2D eigenvalue weighted by Gasteiger charge is 2.12. The average molecular weight is 366 g/mol. The Kier molecular flexibility index (Phi) is 5.86. The lowest BCUT2D eigenvalue weighted by Gasteiger charge is -2.07. The zero-order valence-electron chi connectivity index (χ0n) is 15.6. The van der Waals surface area contributed by atoms with E-state index in [4.69, 9.17) is 14.0 Å². The Balaban J connectivity index is 1.52. The first-order valence-corrected chi connectivity index (χ1v) is 8.80. The second-order valence-corrected chi connectivity index (χ2v) is 6.50. The third kappa shape index (κ3) is 4.94. The molecule has 6 heteroatoms. The van der Waals surface area contributed by atoms with E-state index in [0.29, 0.717) is 17.5 Å². The summed E-state index contributed by atoms with van der Waals surface area (Å²) >= 11 is 0. The van der Waals surface area contributed by atoms with Gasteiger partial charge in [0.15, 0.2) is 13.2 Å². The molecule has 0 unspecified atom stereocenters. The first-order chi connectivity index (χ1) is 13.0. The monoisotopic (exact) mass is 366 g/mol. The van der Waals surface area contributed by atoms with Crippen LogP contribution in [0.25, 0.3) is 11.4 Å². The molecule has 1 aromatic heterocycles. The van der Waals surface area contributed by atoms with Gasteiger partial charge in [0.25, 0.3) is 5.89 Å². The Labute approximate surface area is 158 Å². The molecule has 3 aromatic rings. The summed E-state index contributed by atoms with van der Waals surface area (Å²) in [5, 5.41) is 3.94. The van der Waals surface area contributed by atoms with Gasteiger partial charge in [0.1, 0.15) is 5.75 Å². The Hall–Kier alpha value is -3.15. The number of para-hydroxylation sites is 1. The molecule has 6 nitrogen and oxygen atoms in total. The van der Waals surface area contributed by atoms with Crippen LogP contribution in [0.15, 0.2) is 53.1 Å². The van der Waals surface area contributed by atoms with Crippen molar-refractivity contribution in [1.82, 2.24) is 10.1 Å². The van der Waals surface area contributed by atoms with Crippen LogP contribution in [0.4, 0.5) is 0 Å². The van der Waals surface area contributed by atoms with E-state index in [2.05, 4.69) is 24.0 Å². The largest absolute Gasteiger partial charge is 0.482 e. The Morgan fingerprint density at radius 1 is 1.11 bits per heavy atom. The van der Waals surface area contributed by atoms with E-state index in [1.165, 1.54) is 5.56 Å². The van der Waals surface area contributed by atoms with Crippen LogP contribution in [0.3, 0.4) is 0 Å². The van der Waals surface area contributed by atoms with Crippen LogP contribution in [-0.2, 0) is 16.1 Å². The van der Waals surface area contributed by atoms with Gasteiger partial charge in [-0.3, -0.25) is 0 Å². The number of nitrogens with zero attached hydrogens (tertiary/aromatic N) is 2. The van der Waals surface area contributed by atoms with E-state index < -0.39 is 5.97 Å². The minimum atomic E-state index is -0.501. The van der Waals surface area contributed by atoms with E-state index in [-0.39, 0.29) is 19.1 Å². The third-order valence-corrected chi connectivity index (χ3v) is 4.10. The quantitative estimate of drug-likeness (QED) is 0.581. The summed E-state index contributed by atoms with van der Waals surface area (Å²) in [5.41, 5.74) is 3.05. The molecule has 0 spiro atoms. The van der Waals surface area contributed by atoms with Gasteiger partial charge in [-0.05, 0) is 30.0 Å². The Morgan fingerprint density at radius 3 is 2.56 bits per heavy atom. The standard InChI is InChI=1S/C21H22N2O4/c1-14(2)16-8-10-17(11-9-16)21-22-19(27-23-21)12-26-20(24)13-25-18-7-5-4-6-15(18)3/h4-11,14H,12-13H2,1-3H3. The zero-order chi connectivity index (χ0) is 19.2. The van der Waals surface area contributed by atoms with Gasteiger partial charge in [-0.25, -0.2) is 4.79 Å². The van der Waals surface area contributed by atoms with Crippen LogP contribution in [0.2, 0.25) is 0 Å². The van der Waals surface area contributed by atoms with Crippen LogP contribution in [0, 0.1) is 6.92 Å². The summed E-state index contributed by atoms with van der Waals surface area (Å²) in [6.45, 7) is 5.92. The maximum absolute atomic E-state index is 11.8. The van der Waals surface area contributed by atoms with Crippen LogP contribution in [-0.4, -0.2) is 22.7 Å². The SMILES string of the molecule is Cc1ccccc1OCC(=O)OCc1nc(-c2ccc(C(C)C)cc2)no1. The second-order valence-electron chi connectivity index (χ2n) is 6.50. The molecule has 0 aliphatic rings. The van der Waals surface area contributed by atoms with Crippen molar-refractivity contribution in [3.8, 4) is 17.1 Å². The van der Waals surface area contributed by atoms with Gasteiger partial charge < -0.3 is 14.0 Å². The number of hydrogen-bond acceptors (Lipinski definition) is 6. The molecule has 0 N–H and O–H groups in total. The third-order valence-electron chi connectivity index (χ3n) is 4.10. The molecule has 0 bridgehead atoms. The van der Waals surface area contributed by atoms with Crippen molar-refractivity contribution in [2.24, 2.45) is 0 Å². The van der Waals surface area contributed by atoms with Crippen molar-refractivity contribution in [2.45, 2.75) is 33.3 Å². The molecule has 0 fully saturated rings. The predicted molar refractivity (Wildman–Crippen MR) is 100 cm³/mol. The number of carbonyl (C=O) groups excluding carboxylic acids is 1. The van der Waals surface area contributed by atoms with E-state index in [0.717, 1.165) is 11.1 Å². The number of carbonyl (C=O) groups is 1. The average Bonchev–Trinajstić information content (AvgIpc) is 3.15. The van der Waals surface area contributed by atoms with E-state index in [1.54, 1.807) is 6.07 Å². The number of esters is 1. The second kappa shape index (κ2) is 8.49. The smallest absolute Gasteiger partial charge is 0.344 e. The Morgan fingerprint density at radius 2 is 1.85 bits per heavy atom. The first kappa shape index (κ1) is 18.6. The van der Waals surface area contributed by atoms with Crippen LogP contribution in [0.1, 0.15) is 36.8 Å². The molecule has 0 saturated carbocycles. The number of benzene rings is 2. The van der Waals surface area contributed by atoms with Crippen LogP contribution >= 0.6 is 0 Å².